The molecular formula is C13H21N3. The van der Waals surface area contributed by atoms with Crippen molar-refractivity contribution in [3.8, 4) is 0 Å². The zero-order chi connectivity index (χ0) is 11.6. The van der Waals surface area contributed by atoms with Gasteiger partial charge >= 0.3 is 0 Å². The lowest BCUT2D eigenvalue weighted by Gasteiger charge is -2.35. The Balaban J connectivity index is 2.13. The minimum atomic E-state index is 0.214. The second-order valence-electron chi connectivity index (χ2n) is 5.18. The molecule has 3 nitrogen and oxygen atoms in total. The molecule has 0 saturated heterocycles. The van der Waals surface area contributed by atoms with Crippen molar-refractivity contribution < 1.29 is 0 Å². The Morgan fingerprint density at radius 1 is 1.31 bits per heavy atom. The molecule has 1 aliphatic carbocycles. The summed E-state index contributed by atoms with van der Waals surface area (Å²) in [6.45, 7) is 4.35. The van der Waals surface area contributed by atoms with Gasteiger partial charge in [-0.05, 0) is 38.3 Å². The van der Waals surface area contributed by atoms with Gasteiger partial charge in [-0.1, -0.05) is 19.3 Å². The highest BCUT2D eigenvalue weighted by Gasteiger charge is 2.27. The number of hydrogen-bond acceptors (Lipinski definition) is 3. The van der Waals surface area contributed by atoms with E-state index in [1.165, 1.54) is 32.1 Å². The summed E-state index contributed by atoms with van der Waals surface area (Å²) in [5.41, 5.74) is 7.78. The molecule has 1 saturated carbocycles. The fraction of sp³-hybridized carbons (Fsp3) is 0.615. The number of pyridine rings is 1. The van der Waals surface area contributed by atoms with Crippen molar-refractivity contribution in [3.05, 3.63) is 17.8 Å². The van der Waals surface area contributed by atoms with Gasteiger partial charge in [-0.15, -0.1) is 0 Å². The van der Waals surface area contributed by atoms with E-state index in [9.17, 15) is 0 Å². The van der Waals surface area contributed by atoms with Gasteiger partial charge in [-0.3, -0.25) is 0 Å². The molecule has 0 aromatic carbocycles. The van der Waals surface area contributed by atoms with Crippen molar-refractivity contribution in [1.82, 2.24) is 4.98 Å². The molecule has 1 aromatic rings. The third kappa shape index (κ3) is 2.46. The van der Waals surface area contributed by atoms with Crippen molar-refractivity contribution in [2.24, 2.45) is 0 Å². The molecule has 0 radical (unpaired) electrons. The number of aromatic nitrogens is 1. The van der Waals surface area contributed by atoms with Crippen LogP contribution in [0.15, 0.2) is 12.3 Å². The average Bonchev–Trinajstić information content (AvgIpc) is 2.23. The van der Waals surface area contributed by atoms with E-state index < -0.39 is 0 Å². The monoisotopic (exact) mass is 219 g/mol. The van der Waals surface area contributed by atoms with E-state index in [4.69, 9.17) is 5.73 Å². The van der Waals surface area contributed by atoms with Gasteiger partial charge in [0, 0.05) is 5.54 Å². The first kappa shape index (κ1) is 11.2. The van der Waals surface area contributed by atoms with E-state index in [-0.39, 0.29) is 5.54 Å². The number of nitrogens with zero attached hydrogens (tertiary/aromatic N) is 1. The van der Waals surface area contributed by atoms with Gasteiger partial charge in [0.1, 0.15) is 5.82 Å². The minimum Gasteiger partial charge on any atom is -0.397 e. The summed E-state index contributed by atoms with van der Waals surface area (Å²) in [5.74, 6) is 0.985. The molecule has 3 N–H and O–H groups in total. The molecule has 0 aliphatic heterocycles. The fourth-order valence-electron chi connectivity index (χ4n) is 2.47. The maximum Gasteiger partial charge on any atom is 0.129 e. The van der Waals surface area contributed by atoms with Crippen LogP contribution in [0.4, 0.5) is 11.5 Å². The van der Waals surface area contributed by atoms with E-state index in [1.54, 1.807) is 6.20 Å². The van der Waals surface area contributed by atoms with Crippen LogP contribution in [0.5, 0.6) is 0 Å². The molecule has 0 amide bonds. The standard InChI is InChI=1S/C13H21N3/c1-10-8-11(14)9-15-12(10)16-13(2)6-4-3-5-7-13/h8-9H,3-7,14H2,1-2H3,(H,15,16). The Bertz CT molecular complexity index is 367. The van der Waals surface area contributed by atoms with Gasteiger partial charge in [-0.25, -0.2) is 4.98 Å². The van der Waals surface area contributed by atoms with Crippen LogP contribution in [-0.4, -0.2) is 10.5 Å². The largest absolute Gasteiger partial charge is 0.397 e. The fourth-order valence-corrected chi connectivity index (χ4v) is 2.47. The highest BCUT2D eigenvalue weighted by Crippen LogP contribution is 2.31. The number of aryl methyl sites for hydroxylation is 1. The molecule has 2 rings (SSSR count). The number of hydrogen-bond donors (Lipinski definition) is 2. The zero-order valence-electron chi connectivity index (χ0n) is 10.2. The maximum atomic E-state index is 5.70. The van der Waals surface area contributed by atoms with Crippen molar-refractivity contribution in [1.29, 1.82) is 0 Å². The average molecular weight is 219 g/mol. The number of nitrogen functional groups attached to an aromatic ring is 1. The molecule has 0 spiro atoms. The molecule has 88 valence electrons. The van der Waals surface area contributed by atoms with Crippen LogP contribution in [0.25, 0.3) is 0 Å². The van der Waals surface area contributed by atoms with Crippen LogP contribution in [0.3, 0.4) is 0 Å². The van der Waals surface area contributed by atoms with Crippen LogP contribution >= 0.6 is 0 Å². The molecule has 0 atom stereocenters. The SMILES string of the molecule is Cc1cc(N)cnc1NC1(C)CCCCC1. The highest BCUT2D eigenvalue weighted by atomic mass is 15.1. The van der Waals surface area contributed by atoms with Gasteiger partial charge in [0.25, 0.3) is 0 Å². The van der Waals surface area contributed by atoms with Crippen LogP contribution in [0.1, 0.15) is 44.6 Å². The molecule has 1 heterocycles. The summed E-state index contributed by atoms with van der Waals surface area (Å²) in [4.78, 5) is 4.38. The Kier molecular flexibility index (Phi) is 3.03. The van der Waals surface area contributed by atoms with E-state index in [0.29, 0.717) is 0 Å². The van der Waals surface area contributed by atoms with Crippen molar-refractivity contribution in [2.75, 3.05) is 11.1 Å². The summed E-state index contributed by atoms with van der Waals surface area (Å²) in [6, 6.07) is 1.97. The highest BCUT2D eigenvalue weighted by molar-refractivity contribution is 5.52. The van der Waals surface area contributed by atoms with Gasteiger partial charge < -0.3 is 11.1 Å². The third-order valence-electron chi connectivity index (χ3n) is 3.48. The predicted octanol–water partition coefficient (Wildman–Crippen LogP) is 3.11. The van der Waals surface area contributed by atoms with Crippen LogP contribution in [0, 0.1) is 6.92 Å². The quantitative estimate of drug-likeness (QED) is 0.803. The lowest BCUT2D eigenvalue weighted by molar-refractivity contribution is 0.348. The van der Waals surface area contributed by atoms with E-state index in [1.807, 2.05) is 6.07 Å². The van der Waals surface area contributed by atoms with Crippen LogP contribution in [-0.2, 0) is 0 Å². The van der Waals surface area contributed by atoms with Crippen LogP contribution < -0.4 is 11.1 Å². The Morgan fingerprint density at radius 2 is 2.00 bits per heavy atom. The van der Waals surface area contributed by atoms with E-state index in [2.05, 4.69) is 24.1 Å². The van der Waals surface area contributed by atoms with E-state index >= 15 is 0 Å². The van der Waals surface area contributed by atoms with Gasteiger partial charge in [0.05, 0.1) is 11.9 Å². The topological polar surface area (TPSA) is 50.9 Å². The molecule has 1 fully saturated rings. The summed E-state index contributed by atoms with van der Waals surface area (Å²) >= 11 is 0. The summed E-state index contributed by atoms with van der Waals surface area (Å²) in [5, 5.41) is 3.59. The number of nitrogens with two attached hydrogens (primary N) is 1. The first-order valence-corrected chi connectivity index (χ1v) is 6.09. The Hall–Kier alpha value is -1.25. The first-order valence-electron chi connectivity index (χ1n) is 6.09. The van der Waals surface area contributed by atoms with Gasteiger partial charge in [0.2, 0.25) is 0 Å². The Morgan fingerprint density at radius 3 is 2.62 bits per heavy atom. The molecular weight excluding hydrogens is 198 g/mol. The lowest BCUT2D eigenvalue weighted by atomic mass is 9.83. The first-order chi connectivity index (χ1) is 7.59. The summed E-state index contributed by atoms with van der Waals surface area (Å²) in [6.07, 6.45) is 8.19. The molecule has 0 bridgehead atoms. The van der Waals surface area contributed by atoms with Crippen molar-refractivity contribution in [3.63, 3.8) is 0 Å². The molecule has 0 unspecified atom stereocenters. The van der Waals surface area contributed by atoms with Gasteiger partial charge in [0.15, 0.2) is 0 Å². The molecule has 1 aromatic heterocycles. The number of nitrogens with one attached hydrogen (secondary N) is 1. The lowest BCUT2D eigenvalue weighted by Crippen LogP contribution is -2.37. The van der Waals surface area contributed by atoms with Crippen molar-refractivity contribution >= 4 is 11.5 Å². The van der Waals surface area contributed by atoms with E-state index in [0.717, 1.165) is 17.1 Å². The summed E-state index contributed by atoms with van der Waals surface area (Å²) < 4.78 is 0. The second-order valence-corrected chi connectivity index (χ2v) is 5.18. The van der Waals surface area contributed by atoms with Crippen molar-refractivity contribution in [2.45, 2.75) is 51.5 Å². The smallest absolute Gasteiger partial charge is 0.129 e. The zero-order valence-corrected chi connectivity index (χ0v) is 10.2. The number of anilines is 2. The third-order valence-corrected chi connectivity index (χ3v) is 3.48. The predicted molar refractivity (Wildman–Crippen MR) is 68.5 cm³/mol. The molecule has 16 heavy (non-hydrogen) atoms. The molecule has 1 aliphatic rings. The number of rotatable bonds is 2. The molecule has 3 heteroatoms. The summed E-state index contributed by atoms with van der Waals surface area (Å²) in [7, 11) is 0. The van der Waals surface area contributed by atoms with Gasteiger partial charge in [-0.2, -0.15) is 0 Å². The van der Waals surface area contributed by atoms with Crippen LogP contribution in [0.2, 0.25) is 0 Å². The minimum absolute atomic E-state index is 0.214. The maximum absolute atomic E-state index is 5.70. The Labute approximate surface area is 97.5 Å². The normalized spacial score (nSPS) is 19.4. The second kappa shape index (κ2) is 4.32.